The fourth-order valence-corrected chi connectivity index (χ4v) is 5.65. The number of rotatable bonds is 4. The predicted octanol–water partition coefficient (Wildman–Crippen LogP) is 5.29. The van der Waals surface area contributed by atoms with Gasteiger partial charge in [0.1, 0.15) is 5.82 Å². The van der Waals surface area contributed by atoms with Crippen molar-refractivity contribution in [2.24, 2.45) is 5.92 Å². The Balaban J connectivity index is 1.33. The van der Waals surface area contributed by atoms with Gasteiger partial charge in [0.25, 0.3) is 0 Å². The second-order valence-electron chi connectivity index (χ2n) is 9.49. The quantitative estimate of drug-likeness (QED) is 0.547. The molecule has 0 saturated carbocycles. The number of hydrogen-bond acceptors (Lipinski definition) is 3. The van der Waals surface area contributed by atoms with E-state index < -0.39 is 5.41 Å². The minimum atomic E-state index is -0.681. The van der Waals surface area contributed by atoms with E-state index in [0.29, 0.717) is 32.0 Å². The van der Waals surface area contributed by atoms with E-state index in [9.17, 15) is 9.18 Å². The normalized spacial score (nSPS) is 21.0. The molecule has 1 amide bonds. The Labute approximate surface area is 194 Å². The van der Waals surface area contributed by atoms with Crippen molar-refractivity contribution in [3.05, 3.63) is 77.7 Å². The number of nitrogens with zero attached hydrogens (tertiary/aromatic N) is 2. The van der Waals surface area contributed by atoms with Crippen LogP contribution in [-0.4, -0.2) is 42.1 Å². The van der Waals surface area contributed by atoms with Crippen LogP contribution >= 0.6 is 0 Å². The van der Waals surface area contributed by atoms with E-state index in [0.717, 1.165) is 49.9 Å². The molecule has 5 heteroatoms. The lowest BCUT2D eigenvalue weighted by Gasteiger charge is -2.40. The monoisotopic (exact) mass is 446 g/mol. The molecule has 3 heterocycles. The zero-order valence-electron chi connectivity index (χ0n) is 19.0. The maximum Gasteiger partial charge on any atom is 0.233 e. The Morgan fingerprint density at radius 2 is 1.88 bits per heavy atom. The third-order valence-electron chi connectivity index (χ3n) is 7.49. The lowest BCUT2D eigenvalue weighted by Crippen LogP contribution is -2.50. The molecular formula is C28H31FN2O2. The highest BCUT2D eigenvalue weighted by Gasteiger charge is 2.44. The number of halogens is 1. The Bertz CT molecular complexity index is 1120. The number of carbonyl (C=O) groups excluding carboxylic acids is 1. The second-order valence-corrected chi connectivity index (χ2v) is 9.49. The average molecular weight is 447 g/mol. The molecule has 0 radical (unpaired) electrons. The molecular weight excluding hydrogens is 415 g/mol. The number of likely N-dealkylation sites (tertiary alicyclic amines) is 1. The standard InChI is InChI=1S/C28H31FN2O2/c29-25-10-2-9-24(20-25)28(12-17-33-18-13-28)27(32)31-15-4-5-21(11-16-31)19-23-7-1-6-22-8-3-14-30-26(22)23/h1-3,6-10,14,20-21H,4-5,11-13,15-19H2/t21-/m1/s1. The molecule has 3 aromatic rings. The smallest absolute Gasteiger partial charge is 0.233 e. The highest BCUT2D eigenvalue weighted by Crippen LogP contribution is 2.38. The minimum absolute atomic E-state index is 0.142. The first-order valence-corrected chi connectivity index (χ1v) is 12.1. The molecule has 33 heavy (non-hydrogen) atoms. The first kappa shape index (κ1) is 22.0. The lowest BCUT2D eigenvalue weighted by atomic mass is 9.73. The lowest BCUT2D eigenvalue weighted by molar-refractivity contribution is -0.141. The third kappa shape index (κ3) is 4.51. The van der Waals surface area contributed by atoms with E-state index in [-0.39, 0.29) is 11.7 Å². The van der Waals surface area contributed by atoms with E-state index in [2.05, 4.69) is 29.2 Å². The molecule has 2 aliphatic rings. The van der Waals surface area contributed by atoms with Crippen LogP contribution in [-0.2, 0) is 21.4 Å². The fourth-order valence-electron chi connectivity index (χ4n) is 5.65. The number of carbonyl (C=O) groups is 1. The predicted molar refractivity (Wildman–Crippen MR) is 127 cm³/mol. The largest absolute Gasteiger partial charge is 0.381 e. The minimum Gasteiger partial charge on any atom is -0.381 e. The van der Waals surface area contributed by atoms with Gasteiger partial charge in [-0.05, 0) is 73.8 Å². The first-order valence-electron chi connectivity index (χ1n) is 12.1. The molecule has 0 unspecified atom stereocenters. The van der Waals surface area contributed by atoms with Crippen LogP contribution in [0.1, 0.15) is 43.2 Å². The van der Waals surface area contributed by atoms with E-state index in [1.54, 1.807) is 6.07 Å². The summed E-state index contributed by atoms with van der Waals surface area (Å²) in [5, 5.41) is 1.18. The Kier molecular flexibility index (Phi) is 6.41. The molecule has 2 saturated heterocycles. The topological polar surface area (TPSA) is 42.4 Å². The molecule has 2 aromatic carbocycles. The van der Waals surface area contributed by atoms with Crippen molar-refractivity contribution in [1.82, 2.24) is 9.88 Å². The van der Waals surface area contributed by atoms with Gasteiger partial charge in [-0.15, -0.1) is 0 Å². The molecule has 5 rings (SSSR count). The Morgan fingerprint density at radius 3 is 2.73 bits per heavy atom. The van der Waals surface area contributed by atoms with Crippen molar-refractivity contribution in [2.75, 3.05) is 26.3 Å². The molecule has 0 N–H and O–H groups in total. The van der Waals surface area contributed by atoms with E-state index in [1.807, 2.05) is 23.2 Å². The summed E-state index contributed by atoms with van der Waals surface area (Å²) in [6.45, 7) is 2.58. The number of amides is 1. The van der Waals surface area contributed by atoms with Crippen LogP contribution in [0.25, 0.3) is 10.9 Å². The van der Waals surface area contributed by atoms with E-state index in [1.165, 1.54) is 23.1 Å². The van der Waals surface area contributed by atoms with Gasteiger partial charge < -0.3 is 9.64 Å². The molecule has 1 atom stereocenters. The summed E-state index contributed by atoms with van der Waals surface area (Å²) < 4.78 is 19.7. The third-order valence-corrected chi connectivity index (χ3v) is 7.49. The molecule has 2 aliphatic heterocycles. The first-order chi connectivity index (χ1) is 16.2. The SMILES string of the molecule is O=C(N1CCC[C@@H](Cc2cccc3cccnc23)CC1)C1(c2cccc(F)c2)CCOCC1. The number of hydrogen-bond donors (Lipinski definition) is 0. The number of fused-ring (bicyclic) bond motifs is 1. The van der Waals surface area contributed by atoms with Crippen LogP contribution in [0.5, 0.6) is 0 Å². The summed E-state index contributed by atoms with van der Waals surface area (Å²) in [7, 11) is 0. The number of pyridine rings is 1. The van der Waals surface area contributed by atoms with Crippen LogP contribution in [0.3, 0.4) is 0 Å². The second kappa shape index (κ2) is 9.60. The number of aromatic nitrogens is 1. The van der Waals surface area contributed by atoms with Crippen LogP contribution in [0.2, 0.25) is 0 Å². The van der Waals surface area contributed by atoms with E-state index in [4.69, 9.17) is 4.74 Å². The molecule has 0 aliphatic carbocycles. The molecule has 2 fully saturated rings. The van der Waals surface area contributed by atoms with Gasteiger partial charge in [0, 0.05) is 37.9 Å². The van der Waals surface area contributed by atoms with Gasteiger partial charge in [-0.1, -0.05) is 36.4 Å². The molecule has 1 aromatic heterocycles. The summed E-state index contributed by atoms with van der Waals surface area (Å²) >= 11 is 0. The maximum atomic E-state index is 14.1. The van der Waals surface area contributed by atoms with Gasteiger partial charge in [-0.3, -0.25) is 9.78 Å². The van der Waals surface area contributed by atoms with Crippen molar-refractivity contribution in [3.63, 3.8) is 0 Å². The van der Waals surface area contributed by atoms with Crippen molar-refractivity contribution >= 4 is 16.8 Å². The van der Waals surface area contributed by atoms with Crippen molar-refractivity contribution in [3.8, 4) is 0 Å². The highest BCUT2D eigenvalue weighted by molar-refractivity contribution is 5.88. The van der Waals surface area contributed by atoms with Crippen LogP contribution < -0.4 is 0 Å². The zero-order chi connectivity index (χ0) is 22.7. The summed E-state index contributed by atoms with van der Waals surface area (Å²) in [4.78, 5) is 20.6. The van der Waals surface area contributed by atoms with Crippen molar-refractivity contribution in [2.45, 2.75) is 43.9 Å². The van der Waals surface area contributed by atoms with Gasteiger partial charge in [-0.25, -0.2) is 4.39 Å². The van der Waals surface area contributed by atoms with Crippen LogP contribution in [0.15, 0.2) is 60.8 Å². The Hall–Kier alpha value is -2.79. The summed E-state index contributed by atoms with van der Waals surface area (Å²) in [6, 6.07) is 17.1. The van der Waals surface area contributed by atoms with Crippen molar-refractivity contribution in [1.29, 1.82) is 0 Å². The molecule has 172 valence electrons. The van der Waals surface area contributed by atoms with Gasteiger partial charge in [-0.2, -0.15) is 0 Å². The molecule has 0 spiro atoms. The summed E-state index contributed by atoms with van der Waals surface area (Å²) in [5.74, 6) is 0.380. The highest BCUT2D eigenvalue weighted by atomic mass is 19.1. The average Bonchev–Trinajstić information content (AvgIpc) is 3.10. The Morgan fingerprint density at radius 1 is 1.06 bits per heavy atom. The van der Waals surface area contributed by atoms with Gasteiger partial charge in [0.15, 0.2) is 0 Å². The van der Waals surface area contributed by atoms with Gasteiger partial charge in [0.05, 0.1) is 10.9 Å². The number of ether oxygens (including phenoxy) is 1. The van der Waals surface area contributed by atoms with Gasteiger partial charge >= 0.3 is 0 Å². The molecule has 4 nitrogen and oxygen atoms in total. The van der Waals surface area contributed by atoms with Gasteiger partial charge in [0.2, 0.25) is 5.91 Å². The summed E-state index contributed by atoms with van der Waals surface area (Å²) in [5.41, 5.74) is 2.49. The number of para-hydroxylation sites is 1. The van der Waals surface area contributed by atoms with Crippen molar-refractivity contribution < 1.29 is 13.9 Å². The fraction of sp³-hybridized carbons (Fsp3) is 0.429. The van der Waals surface area contributed by atoms with Crippen LogP contribution in [0, 0.1) is 11.7 Å². The number of benzene rings is 2. The van der Waals surface area contributed by atoms with E-state index >= 15 is 0 Å². The zero-order valence-corrected chi connectivity index (χ0v) is 19.0. The summed E-state index contributed by atoms with van der Waals surface area (Å²) in [6.07, 6.45) is 7.13. The maximum absolute atomic E-state index is 14.1. The molecule has 0 bridgehead atoms. The van der Waals surface area contributed by atoms with Crippen LogP contribution in [0.4, 0.5) is 4.39 Å².